The average molecular weight is 223 g/mol. The van der Waals surface area contributed by atoms with Crippen molar-refractivity contribution in [2.45, 2.75) is 18.5 Å². The first-order valence-electron chi connectivity index (χ1n) is 4.26. The van der Waals surface area contributed by atoms with E-state index in [-0.39, 0.29) is 0 Å². The maximum atomic E-state index is 12.2. The smallest absolute Gasteiger partial charge is 0.319 e. The van der Waals surface area contributed by atoms with E-state index in [1.807, 2.05) is 0 Å². The van der Waals surface area contributed by atoms with Gasteiger partial charge in [0.1, 0.15) is 0 Å². The van der Waals surface area contributed by atoms with Crippen LogP contribution in [0.2, 0.25) is 0 Å². The standard InChI is InChI=1S/C9H12F3NS/c1-13-5-8(4-9(10,11)12)7-2-3-14-6-7/h2-3,6,8,13H,4-5H2,1H3/t8-/m0/s1. The van der Waals surface area contributed by atoms with Gasteiger partial charge < -0.3 is 5.32 Å². The summed E-state index contributed by atoms with van der Waals surface area (Å²) >= 11 is 1.42. The molecule has 1 rings (SSSR count). The number of thiophene rings is 1. The van der Waals surface area contributed by atoms with Crippen molar-refractivity contribution >= 4 is 11.3 Å². The third-order valence-electron chi connectivity index (χ3n) is 1.94. The van der Waals surface area contributed by atoms with Crippen molar-refractivity contribution in [1.29, 1.82) is 0 Å². The van der Waals surface area contributed by atoms with Crippen LogP contribution in [0, 0.1) is 0 Å². The second kappa shape index (κ2) is 4.79. The van der Waals surface area contributed by atoms with Crippen molar-refractivity contribution < 1.29 is 13.2 Å². The Hall–Kier alpha value is -0.550. The van der Waals surface area contributed by atoms with Gasteiger partial charge in [0.05, 0.1) is 6.42 Å². The third kappa shape index (κ3) is 3.67. The van der Waals surface area contributed by atoms with E-state index in [1.165, 1.54) is 11.3 Å². The molecule has 80 valence electrons. The molecular formula is C9H12F3NS. The average Bonchev–Trinajstić information content (AvgIpc) is 2.52. The number of hydrogen-bond donors (Lipinski definition) is 1. The molecule has 0 saturated heterocycles. The first-order chi connectivity index (χ1) is 6.53. The van der Waals surface area contributed by atoms with Crippen LogP contribution < -0.4 is 5.32 Å². The molecule has 0 amide bonds. The molecular weight excluding hydrogens is 211 g/mol. The Kier molecular flexibility index (Phi) is 3.95. The molecule has 0 spiro atoms. The van der Waals surface area contributed by atoms with Gasteiger partial charge in [-0.05, 0) is 29.4 Å². The fourth-order valence-corrected chi connectivity index (χ4v) is 2.08. The molecule has 14 heavy (non-hydrogen) atoms. The highest BCUT2D eigenvalue weighted by Gasteiger charge is 2.32. The fraction of sp³-hybridized carbons (Fsp3) is 0.556. The molecule has 0 aliphatic rings. The molecule has 0 aliphatic heterocycles. The molecule has 0 saturated carbocycles. The minimum atomic E-state index is -4.09. The second-order valence-corrected chi connectivity index (χ2v) is 3.91. The molecule has 1 aromatic rings. The van der Waals surface area contributed by atoms with E-state index in [0.717, 1.165) is 5.56 Å². The van der Waals surface area contributed by atoms with E-state index in [0.29, 0.717) is 6.54 Å². The molecule has 1 atom stereocenters. The van der Waals surface area contributed by atoms with Gasteiger partial charge in [-0.2, -0.15) is 24.5 Å². The van der Waals surface area contributed by atoms with Crippen LogP contribution in [0.3, 0.4) is 0 Å². The van der Waals surface area contributed by atoms with Crippen LogP contribution in [0.25, 0.3) is 0 Å². The lowest BCUT2D eigenvalue weighted by Gasteiger charge is -2.17. The quantitative estimate of drug-likeness (QED) is 0.827. The summed E-state index contributed by atoms with van der Waals surface area (Å²) in [5.41, 5.74) is 0.765. The second-order valence-electron chi connectivity index (χ2n) is 3.13. The van der Waals surface area contributed by atoms with Crippen LogP contribution in [-0.2, 0) is 0 Å². The Bertz CT molecular complexity index is 256. The monoisotopic (exact) mass is 223 g/mol. The third-order valence-corrected chi connectivity index (χ3v) is 2.64. The van der Waals surface area contributed by atoms with Gasteiger partial charge in [-0.15, -0.1) is 0 Å². The van der Waals surface area contributed by atoms with Gasteiger partial charge in [-0.1, -0.05) is 0 Å². The molecule has 0 aromatic carbocycles. The van der Waals surface area contributed by atoms with E-state index >= 15 is 0 Å². The van der Waals surface area contributed by atoms with Gasteiger partial charge in [0.15, 0.2) is 0 Å². The maximum Gasteiger partial charge on any atom is 0.389 e. The van der Waals surface area contributed by atoms with Crippen LogP contribution in [-0.4, -0.2) is 19.8 Å². The predicted molar refractivity (Wildman–Crippen MR) is 51.7 cm³/mol. The zero-order valence-electron chi connectivity index (χ0n) is 7.77. The summed E-state index contributed by atoms with van der Waals surface area (Å²) in [6.45, 7) is 0.357. The lowest BCUT2D eigenvalue weighted by atomic mass is 9.98. The van der Waals surface area contributed by atoms with Gasteiger partial charge in [0.2, 0.25) is 0 Å². The summed E-state index contributed by atoms with van der Waals surface area (Å²) in [4.78, 5) is 0. The fourth-order valence-electron chi connectivity index (χ4n) is 1.34. The number of nitrogens with one attached hydrogen (secondary N) is 1. The Morgan fingerprint density at radius 2 is 2.21 bits per heavy atom. The Balaban J connectivity index is 2.65. The first-order valence-corrected chi connectivity index (χ1v) is 5.20. The highest BCUT2D eigenvalue weighted by Crippen LogP contribution is 2.31. The number of likely N-dealkylation sites (N-methyl/N-ethyl adjacent to an activating group) is 1. The van der Waals surface area contributed by atoms with E-state index in [1.54, 1.807) is 23.9 Å². The van der Waals surface area contributed by atoms with Gasteiger partial charge in [0.25, 0.3) is 0 Å². The summed E-state index contributed by atoms with van der Waals surface area (Å²) in [6.07, 6.45) is -4.85. The largest absolute Gasteiger partial charge is 0.389 e. The number of alkyl halides is 3. The Morgan fingerprint density at radius 3 is 2.64 bits per heavy atom. The minimum absolute atomic E-state index is 0.357. The van der Waals surface area contributed by atoms with E-state index in [2.05, 4.69) is 5.32 Å². The van der Waals surface area contributed by atoms with E-state index in [9.17, 15) is 13.2 Å². The summed E-state index contributed by atoms with van der Waals surface area (Å²) in [7, 11) is 1.66. The summed E-state index contributed by atoms with van der Waals surface area (Å²) < 4.78 is 36.6. The van der Waals surface area contributed by atoms with Crippen LogP contribution >= 0.6 is 11.3 Å². The number of hydrogen-bond acceptors (Lipinski definition) is 2. The van der Waals surface area contributed by atoms with Gasteiger partial charge in [0, 0.05) is 12.5 Å². The van der Waals surface area contributed by atoms with Crippen LogP contribution in [0.1, 0.15) is 17.9 Å². The van der Waals surface area contributed by atoms with Gasteiger partial charge in [-0.3, -0.25) is 0 Å². The highest BCUT2D eigenvalue weighted by atomic mass is 32.1. The van der Waals surface area contributed by atoms with Gasteiger partial charge in [-0.25, -0.2) is 0 Å². The predicted octanol–water partition coefficient (Wildman–Crippen LogP) is 3.00. The molecule has 0 radical (unpaired) electrons. The molecule has 5 heteroatoms. The first kappa shape index (κ1) is 11.5. The van der Waals surface area contributed by atoms with Crippen LogP contribution in [0.4, 0.5) is 13.2 Å². The lowest BCUT2D eigenvalue weighted by molar-refractivity contribution is -0.138. The normalized spacial score (nSPS) is 14.3. The molecule has 0 fully saturated rings. The molecule has 0 bridgehead atoms. The number of halogens is 3. The van der Waals surface area contributed by atoms with E-state index < -0.39 is 18.5 Å². The number of rotatable bonds is 4. The summed E-state index contributed by atoms with van der Waals surface area (Å²) in [5.74, 6) is -0.466. The van der Waals surface area contributed by atoms with Crippen LogP contribution in [0.15, 0.2) is 16.8 Å². The Labute approximate surface area is 84.9 Å². The summed E-state index contributed by atoms with van der Waals surface area (Å²) in [6, 6.07) is 1.75. The molecule has 1 nitrogen and oxygen atoms in total. The maximum absolute atomic E-state index is 12.2. The van der Waals surface area contributed by atoms with Crippen molar-refractivity contribution in [3.8, 4) is 0 Å². The SMILES string of the molecule is CNC[C@H](CC(F)(F)F)c1ccsc1. The van der Waals surface area contributed by atoms with Crippen molar-refractivity contribution in [2.75, 3.05) is 13.6 Å². The van der Waals surface area contributed by atoms with Crippen molar-refractivity contribution in [1.82, 2.24) is 5.32 Å². The summed E-state index contributed by atoms with van der Waals surface area (Å²) in [5, 5.41) is 6.35. The molecule has 0 aliphatic carbocycles. The zero-order chi connectivity index (χ0) is 10.6. The highest BCUT2D eigenvalue weighted by molar-refractivity contribution is 7.07. The molecule has 1 N–H and O–H groups in total. The molecule has 0 unspecified atom stereocenters. The minimum Gasteiger partial charge on any atom is -0.319 e. The van der Waals surface area contributed by atoms with Crippen molar-refractivity contribution in [3.05, 3.63) is 22.4 Å². The molecule has 1 aromatic heterocycles. The molecule has 1 heterocycles. The van der Waals surface area contributed by atoms with Gasteiger partial charge >= 0.3 is 6.18 Å². The zero-order valence-corrected chi connectivity index (χ0v) is 8.58. The van der Waals surface area contributed by atoms with Crippen molar-refractivity contribution in [2.24, 2.45) is 0 Å². The van der Waals surface area contributed by atoms with Crippen LogP contribution in [0.5, 0.6) is 0 Å². The van der Waals surface area contributed by atoms with Crippen molar-refractivity contribution in [3.63, 3.8) is 0 Å². The van der Waals surface area contributed by atoms with E-state index in [4.69, 9.17) is 0 Å². The lowest BCUT2D eigenvalue weighted by Crippen LogP contribution is -2.22. The Morgan fingerprint density at radius 1 is 1.50 bits per heavy atom. The topological polar surface area (TPSA) is 12.0 Å².